The third-order valence-corrected chi connectivity index (χ3v) is 3.72. The molecule has 0 aliphatic carbocycles. The summed E-state index contributed by atoms with van der Waals surface area (Å²) in [5, 5.41) is 0. The molecule has 0 aromatic heterocycles. The molecule has 0 aliphatic heterocycles. The minimum Gasteiger partial charge on any atom is -0.466 e. The molecule has 0 aliphatic rings. The number of esters is 1. The van der Waals surface area contributed by atoms with E-state index in [0.29, 0.717) is 26.1 Å². The number of carbonyl (C=O) groups excluding carboxylic acids is 2. The molecule has 1 aromatic rings. The van der Waals surface area contributed by atoms with Gasteiger partial charge in [-0.1, -0.05) is 56.5 Å². The lowest BCUT2D eigenvalue weighted by atomic mass is 10.1. The van der Waals surface area contributed by atoms with Gasteiger partial charge in [-0.25, -0.2) is 0 Å². The number of nitrogens with zero attached hydrogens (tertiary/aromatic N) is 1. The highest BCUT2D eigenvalue weighted by Gasteiger charge is 2.15. The highest BCUT2D eigenvalue weighted by Crippen LogP contribution is 2.07. The van der Waals surface area contributed by atoms with E-state index < -0.39 is 0 Å². The maximum absolute atomic E-state index is 12.5. The van der Waals surface area contributed by atoms with Gasteiger partial charge >= 0.3 is 5.97 Å². The van der Waals surface area contributed by atoms with Crippen molar-refractivity contribution >= 4 is 11.9 Å². The van der Waals surface area contributed by atoms with E-state index >= 15 is 0 Å². The Labute approximate surface area is 139 Å². The summed E-state index contributed by atoms with van der Waals surface area (Å²) >= 11 is 0. The molecule has 0 heterocycles. The lowest BCUT2D eigenvalue weighted by Crippen LogP contribution is -2.35. The van der Waals surface area contributed by atoms with Gasteiger partial charge in [0, 0.05) is 13.1 Å². The minimum atomic E-state index is -0.237. The first kappa shape index (κ1) is 19.2. The van der Waals surface area contributed by atoms with Crippen LogP contribution >= 0.6 is 0 Å². The molecule has 1 amide bonds. The Balaban J connectivity index is 2.53. The van der Waals surface area contributed by atoms with Crippen LogP contribution in [0.5, 0.6) is 0 Å². The summed E-state index contributed by atoms with van der Waals surface area (Å²) in [7, 11) is 0. The fourth-order valence-electron chi connectivity index (χ4n) is 2.43. The van der Waals surface area contributed by atoms with Gasteiger partial charge in [-0.2, -0.15) is 0 Å². The molecule has 4 heteroatoms. The molecule has 0 N–H and O–H groups in total. The van der Waals surface area contributed by atoms with Crippen LogP contribution in [-0.4, -0.2) is 36.5 Å². The molecular weight excluding hydrogens is 290 g/mol. The average Bonchev–Trinajstić information content (AvgIpc) is 2.55. The predicted molar refractivity (Wildman–Crippen MR) is 92.1 cm³/mol. The topological polar surface area (TPSA) is 46.6 Å². The number of benzene rings is 1. The van der Waals surface area contributed by atoms with Gasteiger partial charge in [0.15, 0.2) is 0 Å². The molecule has 0 radical (unpaired) electrons. The molecule has 0 bridgehead atoms. The van der Waals surface area contributed by atoms with Crippen LogP contribution in [0.4, 0.5) is 0 Å². The van der Waals surface area contributed by atoms with Crippen LogP contribution in [0.2, 0.25) is 0 Å². The summed E-state index contributed by atoms with van der Waals surface area (Å²) in [6.07, 6.45) is 5.10. The number of hydrogen-bond donors (Lipinski definition) is 0. The van der Waals surface area contributed by atoms with E-state index in [9.17, 15) is 9.59 Å². The Morgan fingerprint density at radius 2 is 1.74 bits per heavy atom. The van der Waals surface area contributed by atoms with E-state index in [4.69, 9.17) is 4.74 Å². The second-order valence-electron chi connectivity index (χ2n) is 5.66. The van der Waals surface area contributed by atoms with Crippen molar-refractivity contribution in [2.75, 3.05) is 19.7 Å². The smallest absolute Gasteiger partial charge is 0.307 e. The van der Waals surface area contributed by atoms with Crippen molar-refractivity contribution in [2.24, 2.45) is 0 Å². The normalized spacial score (nSPS) is 10.3. The van der Waals surface area contributed by atoms with Crippen molar-refractivity contribution in [3.8, 4) is 0 Å². The molecule has 128 valence electrons. The zero-order valence-corrected chi connectivity index (χ0v) is 14.4. The highest BCUT2D eigenvalue weighted by molar-refractivity contribution is 5.79. The van der Waals surface area contributed by atoms with Crippen molar-refractivity contribution in [2.45, 2.75) is 52.4 Å². The first-order valence-electron chi connectivity index (χ1n) is 8.64. The average molecular weight is 319 g/mol. The maximum atomic E-state index is 12.5. The van der Waals surface area contributed by atoms with Gasteiger partial charge in [-0.3, -0.25) is 9.59 Å². The molecule has 1 aromatic carbocycles. The van der Waals surface area contributed by atoms with Gasteiger partial charge in [0.05, 0.1) is 19.4 Å². The third kappa shape index (κ3) is 8.38. The van der Waals surface area contributed by atoms with Crippen LogP contribution in [0, 0.1) is 0 Å². The molecule has 0 unspecified atom stereocenters. The molecule has 0 fully saturated rings. The summed E-state index contributed by atoms with van der Waals surface area (Å²) in [4.78, 5) is 25.9. The lowest BCUT2D eigenvalue weighted by molar-refractivity contribution is -0.144. The van der Waals surface area contributed by atoms with Crippen molar-refractivity contribution in [3.63, 3.8) is 0 Å². The fraction of sp³-hybridized carbons (Fsp3) is 0.579. The van der Waals surface area contributed by atoms with Gasteiger partial charge < -0.3 is 9.64 Å². The number of rotatable bonds is 11. The number of hydrogen-bond acceptors (Lipinski definition) is 3. The van der Waals surface area contributed by atoms with Crippen molar-refractivity contribution in [1.29, 1.82) is 0 Å². The van der Waals surface area contributed by atoms with E-state index in [-0.39, 0.29) is 18.3 Å². The highest BCUT2D eigenvalue weighted by atomic mass is 16.5. The predicted octanol–water partition coefficient (Wildman–Crippen LogP) is 3.59. The van der Waals surface area contributed by atoms with Crippen LogP contribution < -0.4 is 0 Å². The van der Waals surface area contributed by atoms with Gasteiger partial charge in [0.25, 0.3) is 0 Å². The standard InChI is InChI=1S/C19H29NO3/c1-3-5-6-10-14-20(15-13-19(22)23-4-2)18(21)16-17-11-8-7-9-12-17/h7-9,11-12H,3-6,10,13-16H2,1-2H3. The van der Waals surface area contributed by atoms with Crippen LogP contribution in [0.3, 0.4) is 0 Å². The van der Waals surface area contributed by atoms with Crippen molar-refractivity contribution in [1.82, 2.24) is 4.90 Å². The van der Waals surface area contributed by atoms with Gasteiger partial charge in [-0.15, -0.1) is 0 Å². The summed E-state index contributed by atoms with van der Waals surface area (Å²) in [6, 6.07) is 9.73. The molecule has 0 atom stereocenters. The van der Waals surface area contributed by atoms with Gasteiger partial charge in [0.2, 0.25) is 5.91 Å². The Hall–Kier alpha value is -1.84. The van der Waals surface area contributed by atoms with E-state index in [2.05, 4.69) is 6.92 Å². The molecule has 1 rings (SSSR count). The third-order valence-electron chi connectivity index (χ3n) is 3.72. The van der Waals surface area contributed by atoms with E-state index in [0.717, 1.165) is 18.4 Å². The molecule has 0 saturated heterocycles. The summed E-state index contributed by atoms with van der Waals surface area (Å²) in [5.74, 6) is -0.157. The van der Waals surface area contributed by atoms with Gasteiger partial charge in [0.1, 0.15) is 0 Å². The maximum Gasteiger partial charge on any atom is 0.307 e. The fourth-order valence-corrected chi connectivity index (χ4v) is 2.43. The zero-order chi connectivity index (χ0) is 16.9. The summed E-state index contributed by atoms with van der Waals surface area (Å²) in [5.41, 5.74) is 1.01. The lowest BCUT2D eigenvalue weighted by Gasteiger charge is -2.22. The zero-order valence-electron chi connectivity index (χ0n) is 14.4. The molecule has 0 spiro atoms. The minimum absolute atomic E-state index is 0.0806. The largest absolute Gasteiger partial charge is 0.466 e. The SMILES string of the molecule is CCCCCCN(CCC(=O)OCC)C(=O)Cc1ccccc1. The Morgan fingerprint density at radius 3 is 2.39 bits per heavy atom. The number of unbranched alkanes of at least 4 members (excludes halogenated alkanes) is 3. The first-order chi connectivity index (χ1) is 11.2. The summed E-state index contributed by atoms with van der Waals surface area (Å²) < 4.78 is 4.96. The van der Waals surface area contributed by atoms with Crippen LogP contribution in [0.1, 0.15) is 51.5 Å². The monoisotopic (exact) mass is 319 g/mol. The van der Waals surface area contributed by atoms with Crippen LogP contribution in [-0.2, 0) is 20.7 Å². The summed E-state index contributed by atoms with van der Waals surface area (Å²) in [6.45, 7) is 5.50. The molecular formula is C19H29NO3. The first-order valence-corrected chi connectivity index (χ1v) is 8.64. The molecule has 0 saturated carbocycles. The van der Waals surface area contributed by atoms with Crippen molar-refractivity contribution in [3.05, 3.63) is 35.9 Å². The van der Waals surface area contributed by atoms with E-state index in [1.54, 1.807) is 11.8 Å². The van der Waals surface area contributed by atoms with Gasteiger partial charge in [-0.05, 0) is 18.9 Å². The van der Waals surface area contributed by atoms with Crippen molar-refractivity contribution < 1.29 is 14.3 Å². The van der Waals surface area contributed by atoms with Crippen LogP contribution in [0.15, 0.2) is 30.3 Å². The van der Waals surface area contributed by atoms with Crippen LogP contribution in [0.25, 0.3) is 0 Å². The number of ether oxygens (including phenoxy) is 1. The number of carbonyl (C=O) groups is 2. The number of amides is 1. The molecule has 4 nitrogen and oxygen atoms in total. The Bertz CT molecular complexity index is 459. The Morgan fingerprint density at radius 1 is 1.00 bits per heavy atom. The quantitative estimate of drug-likeness (QED) is 0.462. The second kappa shape index (κ2) is 11.7. The Kier molecular flexibility index (Phi) is 9.76. The molecule has 23 heavy (non-hydrogen) atoms. The second-order valence-corrected chi connectivity index (χ2v) is 5.66. The van der Waals surface area contributed by atoms with E-state index in [1.165, 1.54) is 12.8 Å². The van der Waals surface area contributed by atoms with E-state index in [1.807, 2.05) is 30.3 Å².